The van der Waals surface area contributed by atoms with Crippen molar-refractivity contribution in [2.75, 3.05) is 0 Å². The summed E-state index contributed by atoms with van der Waals surface area (Å²) in [6, 6.07) is 3.63. The highest BCUT2D eigenvalue weighted by atomic mass is 79.9. The van der Waals surface area contributed by atoms with Crippen molar-refractivity contribution >= 4 is 27.5 Å². The highest BCUT2D eigenvalue weighted by Gasteiger charge is 2.37. The van der Waals surface area contributed by atoms with Gasteiger partial charge in [-0.2, -0.15) is 0 Å². The quantitative estimate of drug-likeness (QED) is 0.817. The Morgan fingerprint density at radius 2 is 2.15 bits per heavy atom. The van der Waals surface area contributed by atoms with E-state index in [1.807, 2.05) is 0 Å². The third-order valence-corrected chi connectivity index (χ3v) is 3.12. The van der Waals surface area contributed by atoms with Gasteiger partial charge in [0.25, 0.3) is 0 Å². The number of hydrogen-bond acceptors (Lipinski definition) is 2. The van der Waals surface area contributed by atoms with Gasteiger partial charge < -0.3 is 10.8 Å². The van der Waals surface area contributed by atoms with Gasteiger partial charge in [0, 0.05) is 22.5 Å². The predicted octanol–water partition coefficient (Wildman–Crippen LogP) is 2.62. The van der Waals surface area contributed by atoms with Crippen LogP contribution in [0, 0.1) is 0 Å². The van der Waals surface area contributed by atoms with Crippen LogP contribution >= 0.6 is 27.5 Å². The fraction of sp³-hybridized carbons (Fsp3) is 0.333. The minimum absolute atomic E-state index is 0.177. The van der Waals surface area contributed by atoms with Gasteiger partial charge >= 0.3 is 0 Å². The first-order valence-corrected chi connectivity index (χ1v) is 5.20. The summed E-state index contributed by atoms with van der Waals surface area (Å²) < 4.78 is 0.633. The maximum Gasteiger partial charge on any atom is 0.133 e. The van der Waals surface area contributed by atoms with E-state index in [2.05, 4.69) is 15.9 Å². The lowest BCUT2D eigenvalue weighted by Gasteiger charge is -2.05. The molecule has 70 valence electrons. The van der Waals surface area contributed by atoms with Gasteiger partial charge in [0.1, 0.15) is 5.75 Å². The normalized spacial score (nSPS) is 26.1. The zero-order valence-electron chi connectivity index (χ0n) is 6.80. The number of nitrogens with two attached hydrogens (primary N) is 1. The minimum Gasteiger partial charge on any atom is -0.506 e. The van der Waals surface area contributed by atoms with E-state index in [0.29, 0.717) is 9.50 Å². The summed E-state index contributed by atoms with van der Waals surface area (Å²) in [4.78, 5) is 0. The molecule has 1 aliphatic rings. The van der Waals surface area contributed by atoms with Gasteiger partial charge in [-0.15, -0.1) is 0 Å². The number of phenolic OH excluding ortho intramolecular Hbond substituents is 1. The number of halogens is 2. The number of hydrogen-bond donors (Lipinski definition) is 2. The molecule has 1 saturated carbocycles. The monoisotopic (exact) mass is 261 g/mol. The Hall–Kier alpha value is -0.250. The lowest BCUT2D eigenvalue weighted by molar-refractivity contribution is 0.464. The van der Waals surface area contributed by atoms with Crippen molar-refractivity contribution in [2.45, 2.75) is 18.4 Å². The molecule has 1 aliphatic carbocycles. The fourth-order valence-electron chi connectivity index (χ4n) is 1.44. The molecule has 1 fully saturated rings. The van der Waals surface area contributed by atoms with Crippen molar-refractivity contribution in [3.63, 3.8) is 0 Å². The van der Waals surface area contributed by atoms with Gasteiger partial charge in [0.2, 0.25) is 0 Å². The van der Waals surface area contributed by atoms with Crippen LogP contribution in [0.5, 0.6) is 5.75 Å². The lowest BCUT2D eigenvalue weighted by atomic mass is 10.1. The van der Waals surface area contributed by atoms with E-state index in [4.69, 9.17) is 17.3 Å². The molecule has 0 unspecified atom stereocenters. The van der Waals surface area contributed by atoms with Crippen molar-refractivity contribution in [1.29, 1.82) is 0 Å². The molecule has 0 saturated heterocycles. The van der Waals surface area contributed by atoms with Crippen molar-refractivity contribution < 1.29 is 5.11 Å². The molecule has 0 heterocycles. The summed E-state index contributed by atoms with van der Waals surface area (Å²) >= 11 is 9.10. The van der Waals surface area contributed by atoms with Gasteiger partial charge in [0.05, 0.1) is 4.47 Å². The second-order valence-electron chi connectivity index (χ2n) is 3.33. The van der Waals surface area contributed by atoms with E-state index in [0.717, 1.165) is 12.0 Å². The van der Waals surface area contributed by atoms with Crippen molar-refractivity contribution in [1.82, 2.24) is 0 Å². The van der Waals surface area contributed by atoms with Crippen LogP contribution in [0.2, 0.25) is 5.02 Å². The Balaban J connectivity index is 2.44. The average Bonchev–Trinajstić information content (AvgIpc) is 2.75. The van der Waals surface area contributed by atoms with E-state index in [1.54, 1.807) is 12.1 Å². The van der Waals surface area contributed by atoms with E-state index in [1.165, 1.54) is 0 Å². The molecule has 1 aromatic carbocycles. The van der Waals surface area contributed by atoms with Crippen LogP contribution in [0.3, 0.4) is 0 Å². The summed E-state index contributed by atoms with van der Waals surface area (Å²) in [5.74, 6) is 0.539. The largest absolute Gasteiger partial charge is 0.506 e. The fourth-order valence-corrected chi connectivity index (χ4v) is 2.27. The molecule has 0 aromatic heterocycles. The number of rotatable bonds is 1. The van der Waals surface area contributed by atoms with Crippen molar-refractivity contribution in [3.05, 3.63) is 27.2 Å². The Morgan fingerprint density at radius 3 is 2.69 bits per heavy atom. The van der Waals surface area contributed by atoms with Crippen LogP contribution in [0.25, 0.3) is 0 Å². The number of aromatic hydroxyl groups is 1. The highest BCUT2D eigenvalue weighted by Crippen LogP contribution is 2.46. The second-order valence-corrected chi connectivity index (χ2v) is 4.62. The molecule has 2 atom stereocenters. The first kappa shape index (κ1) is 9.31. The van der Waals surface area contributed by atoms with E-state index < -0.39 is 0 Å². The first-order valence-electron chi connectivity index (χ1n) is 4.03. The van der Waals surface area contributed by atoms with Gasteiger partial charge in [0.15, 0.2) is 0 Å². The van der Waals surface area contributed by atoms with Crippen LogP contribution in [-0.2, 0) is 0 Å². The molecule has 0 amide bonds. The molecule has 2 rings (SSSR count). The molecule has 0 spiro atoms. The standard InChI is InChI=1S/C9H9BrClNO/c10-7-2-4(11)1-6(9(7)13)5-3-8(5)12/h1-2,5,8,13H,3,12H2/t5-,8+/m0/s1. The molecular weight excluding hydrogens is 253 g/mol. The number of benzene rings is 1. The minimum atomic E-state index is 0.177. The van der Waals surface area contributed by atoms with Gasteiger partial charge in [-0.1, -0.05) is 11.6 Å². The zero-order valence-corrected chi connectivity index (χ0v) is 9.14. The summed E-state index contributed by atoms with van der Waals surface area (Å²) in [5.41, 5.74) is 6.55. The van der Waals surface area contributed by atoms with Gasteiger partial charge in [-0.3, -0.25) is 0 Å². The smallest absolute Gasteiger partial charge is 0.133 e. The Bertz CT molecular complexity index is 356. The first-order chi connectivity index (χ1) is 6.09. The maximum absolute atomic E-state index is 9.69. The lowest BCUT2D eigenvalue weighted by Crippen LogP contribution is -2.01. The molecule has 0 aliphatic heterocycles. The summed E-state index contributed by atoms with van der Waals surface area (Å²) in [7, 11) is 0. The van der Waals surface area contributed by atoms with E-state index in [9.17, 15) is 5.11 Å². The van der Waals surface area contributed by atoms with Gasteiger partial charge in [-0.25, -0.2) is 0 Å². The third-order valence-electron chi connectivity index (χ3n) is 2.30. The Kier molecular flexibility index (Phi) is 2.26. The SMILES string of the molecule is N[C@@H]1C[C@H]1c1cc(Cl)cc(Br)c1O. The molecule has 13 heavy (non-hydrogen) atoms. The molecule has 2 nitrogen and oxygen atoms in total. The van der Waals surface area contributed by atoms with Crippen LogP contribution in [0.1, 0.15) is 17.9 Å². The number of phenols is 1. The predicted molar refractivity (Wildman–Crippen MR) is 56.2 cm³/mol. The third kappa shape index (κ3) is 1.68. The second kappa shape index (κ2) is 3.15. The maximum atomic E-state index is 9.69. The Labute approximate surface area is 89.8 Å². The van der Waals surface area contributed by atoms with E-state index in [-0.39, 0.29) is 17.7 Å². The van der Waals surface area contributed by atoms with Crippen LogP contribution in [0.4, 0.5) is 0 Å². The molecule has 3 N–H and O–H groups in total. The van der Waals surface area contributed by atoms with Crippen molar-refractivity contribution in [2.24, 2.45) is 5.73 Å². The summed E-state index contributed by atoms with van der Waals surface area (Å²) in [6.07, 6.45) is 0.931. The van der Waals surface area contributed by atoms with Crippen LogP contribution in [0.15, 0.2) is 16.6 Å². The molecule has 1 aromatic rings. The van der Waals surface area contributed by atoms with Crippen molar-refractivity contribution in [3.8, 4) is 5.75 Å². The summed E-state index contributed by atoms with van der Waals surface area (Å²) in [6.45, 7) is 0. The van der Waals surface area contributed by atoms with Crippen LogP contribution < -0.4 is 5.73 Å². The van der Waals surface area contributed by atoms with Crippen LogP contribution in [-0.4, -0.2) is 11.1 Å². The highest BCUT2D eigenvalue weighted by molar-refractivity contribution is 9.10. The van der Waals surface area contributed by atoms with E-state index >= 15 is 0 Å². The topological polar surface area (TPSA) is 46.2 Å². The summed E-state index contributed by atoms with van der Waals surface area (Å²) in [5, 5.41) is 10.3. The molecule has 0 radical (unpaired) electrons. The molecule has 4 heteroatoms. The Morgan fingerprint density at radius 1 is 1.54 bits per heavy atom. The average molecular weight is 263 g/mol. The van der Waals surface area contributed by atoms with Gasteiger partial charge in [-0.05, 0) is 34.5 Å². The molecular formula is C9H9BrClNO. The zero-order chi connectivity index (χ0) is 9.59. The molecule has 0 bridgehead atoms.